The molecule has 100 valence electrons. The van der Waals surface area contributed by atoms with Gasteiger partial charge in [-0.3, -0.25) is 9.48 Å². The second-order valence-corrected chi connectivity index (χ2v) is 4.48. The topological polar surface area (TPSA) is 98.7 Å². The van der Waals surface area contributed by atoms with Crippen molar-refractivity contribution in [2.45, 2.75) is 19.8 Å². The number of hydrogen-bond acceptors (Lipinski definition) is 5. The molecule has 0 spiro atoms. The van der Waals surface area contributed by atoms with Crippen molar-refractivity contribution < 1.29 is 4.79 Å². The van der Waals surface area contributed by atoms with Crippen LogP contribution in [-0.2, 0) is 7.05 Å². The van der Waals surface area contributed by atoms with Gasteiger partial charge in [0.2, 0.25) is 0 Å². The minimum Gasteiger partial charge on any atom is -0.396 e. The van der Waals surface area contributed by atoms with Gasteiger partial charge < -0.3 is 11.1 Å². The van der Waals surface area contributed by atoms with Crippen LogP contribution in [0.1, 0.15) is 36.1 Å². The van der Waals surface area contributed by atoms with Gasteiger partial charge in [-0.2, -0.15) is 5.10 Å². The number of hydrogen-bond donors (Lipinski definition) is 2. The second kappa shape index (κ2) is 5.05. The molecule has 7 heteroatoms. The lowest BCUT2D eigenvalue weighted by atomic mass is 10.2. The van der Waals surface area contributed by atoms with E-state index in [1.807, 2.05) is 13.8 Å². The van der Waals surface area contributed by atoms with Crippen molar-refractivity contribution in [2.75, 3.05) is 11.1 Å². The number of nitrogen functional groups attached to an aromatic ring is 1. The van der Waals surface area contributed by atoms with Gasteiger partial charge in [0.1, 0.15) is 11.6 Å². The Kier molecular flexibility index (Phi) is 3.46. The summed E-state index contributed by atoms with van der Waals surface area (Å²) in [5, 5.41) is 6.67. The van der Waals surface area contributed by atoms with Crippen LogP contribution < -0.4 is 11.1 Å². The first-order chi connectivity index (χ1) is 8.99. The Bertz CT molecular complexity index is 604. The molecule has 19 heavy (non-hydrogen) atoms. The highest BCUT2D eigenvalue weighted by atomic mass is 16.2. The molecule has 0 fully saturated rings. The van der Waals surface area contributed by atoms with E-state index in [0.717, 1.165) is 0 Å². The number of anilines is 2. The summed E-state index contributed by atoms with van der Waals surface area (Å²) >= 11 is 0. The molecule has 2 aromatic rings. The summed E-state index contributed by atoms with van der Waals surface area (Å²) in [6.07, 6.45) is 3.05. The number of carbonyl (C=O) groups is 1. The molecular weight excluding hydrogens is 244 g/mol. The molecule has 0 saturated heterocycles. The fourth-order valence-electron chi connectivity index (χ4n) is 1.54. The van der Waals surface area contributed by atoms with Gasteiger partial charge in [0, 0.05) is 19.0 Å². The number of nitrogens with zero attached hydrogens (tertiary/aromatic N) is 4. The maximum absolute atomic E-state index is 12.1. The van der Waals surface area contributed by atoms with E-state index in [9.17, 15) is 4.79 Å². The van der Waals surface area contributed by atoms with Gasteiger partial charge in [-0.1, -0.05) is 13.8 Å². The molecular formula is C12H16N6O. The van der Waals surface area contributed by atoms with Crippen LogP contribution in [0.15, 0.2) is 18.5 Å². The van der Waals surface area contributed by atoms with Crippen LogP contribution in [0.25, 0.3) is 0 Å². The normalized spacial score (nSPS) is 10.7. The Morgan fingerprint density at radius 2 is 2.21 bits per heavy atom. The number of aromatic nitrogens is 4. The maximum Gasteiger partial charge on any atom is 0.277 e. The molecule has 2 heterocycles. The molecule has 1 amide bonds. The molecule has 0 saturated carbocycles. The standard InChI is InChI=1S/C12H16N6O/c1-7(2)11-14-6-8(13)10(17-11)12(19)16-9-4-5-15-18(9)3/h4-7H,13H2,1-3H3,(H,16,19). The van der Waals surface area contributed by atoms with E-state index in [4.69, 9.17) is 5.73 Å². The summed E-state index contributed by atoms with van der Waals surface area (Å²) in [5.74, 6) is 0.924. The van der Waals surface area contributed by atoms with Crippen LogP contribution in [0.3, 0.4) is 0 Å². The Balaban J connectivity index is 2.28. The van der Waals surface area contributed by atoms with Crippen LogP contribution in [-0.4, -0.2) is 25.7 Å². The van der Waals surface area contributed by atoms with Crippen molar-refractivity contribution in [3.8, 4) is 0 Å². The summed E-state index contributed by atoms with van der Waals surface area (Å²) in [4.78, 5) is 20.4. The third-order valence-electron chi connectivity index (χ3n) is 2.63. The molecule has 0 aliphatic rings. The SMILES string of the molecule is CC(C)c1ncc(N)c(C(=O)Nc2ccnn2C)n1. The molecule has 7 nitrogen and oxygen atoms in total. The van der Waals surface area contributed by atoms with E-state index in [0.29, 0.717) is 11.6 Å². The van der Waals surface area contributed by atoms with Crippen molar-refractivity contribution >= 4 is 17.4 Å². The van der Waals surface area contributed by atoms with Gasteiger partial charge in [-0.15, -0.1) is 0 Å². The van der Waals surface area contributed by atoms with E-state index in [1.54, 1.807) is 24.0 Å². The Morgan fingerprint density at radius 1 is 1.47 bits per heavy atom. The number of carbonyl (C=O) groups excluding carboxylic acids is 1. The second-order valence-electron chi connectivity index (χ2n) is 4.48. The lowest BCUT2D eigenvalue weighted by Gasteiger charge is -2.09. The Hall–Kier alpha value is -2.44. The summed E-state index contributed by atoms with van der Waals surface area (Å²) in [5.41, 5.74) is 6.18. The molecule has 2 rings (SSSR count). The number of nitrogens with one attached hydrogen (secondary N) is 1. The summed E-state index contributed by atoms with van der Waals surface area (Å²) in [6.45, 7) is 3.91. The van der Waals surface area contributed by atoms with Crippen LogP contribution in [0.4, 0.5) is 11.5 Å². The van der Waals surface area contributed by atoms with Crippen LogP contribution in [0.2, 0.25) is 0 Å². The quantitative estimate of drug-likeness (QED) is 0.863. The zero-order chi connectivity index (χ0) is 14.0. The van der Waals surface area contributed by atoms with Gasteiger partial charge in [0.15, 0.2) is 5.69 Å². The van der Waals surface area contributed by atoms with Crippen LogP contribution >= 0.6 is 0 Å². The minimum atomic E-state index is -0.370. The van der Waals surface area contributed by atoms with Crippen molar-refractivity contribution in [2.24, 2.45) is 7.05 Å². The van der Waals surface area contributed by atoms with Crippen molar-refractivity contribution in [1.82, 2.24) is 19.7 Å². The molecule has 0 aliphatic heterocycles. The zero-order valence-corrected chi connectivity index (χ0v) is 11.1. The molecule has 2 aromatic heterocycles. The van der Waals surface area contributed by atoms with E-state index < -0.39 is 0 Å². The summed E-state index contributed by atoms with van der Waals surface area (Å²) < 4.78 is 1.55. The first-order valence-corrected chi connectivity index (χ1v) is 5.90. The average molecular weight is 260 g/mol. The van der Waals surface area contributed by atoms with E-state index in [1.165, 1.54) is 6.20 Å². The third-order valence-corrected chi connectivity index (χ3v) is 2.63. The maximum atomic E-state index is 12.1. The lowest BCUT2D eigenvalue weighted by molar-refractivity contribution is 0.102. The molecule has 0 aromatic carbocycles. The van der Waals surface area contributed by atoms with E-state index in [2.05, 4.69) is 20.4 Å². The van der Waals surface area contributed by atoms with Crippen LogP contribution in [0.5, 0.6) is 0 Å². The number of rotatable bonds is 3. The van der Waals surface area contributed by atoms with Gasteiger partial charge >= 0.3 is 0 Å². The molecule has 0 bridgehead atoms. The summed E-state index contributed by atoms with van der Waals surface area (Å²) in [6, 6.07) is 1.69. The third kappa shape index (κ3) is 2.70. The monoisotopic (exact) mass is 260 g/mol. The highest BCUT2D eigenvalue weighted by Gasteiger charge is 2.16. The van der Waals surface area contributed by atoms with Crippen molar-refractivity contribution in [3.05, 3.63) is 30.0 Å². The molecule has 0 radical (unpaired) electrons. The van der Waals surface area contributed by atoms with Crippen LogP contribution in [0, 0.1) is 0 Å². The number of nitrogens with two attached hydrogens (primary N) is 1. The van der Waals surface area contributed by atoms with E-state index in [-0.39, 0.29) is 23.2 Å². The van der Waals surface area contributed by atoms with Gasteiger partial charge in [0.25, 0.3) is 5.91 Å². The van der Waals surface area contributed by atoms with Gasteiger partial charge in [-0.25, -0.2) is 9.97 Å². The number of aryl methyl sites for hydroxylation is 1. The minimum absolute atomic E-state index is 0.129. The highest BCUT2D eigenvalue weighted by molar-refractivity contribution is 6.05. The zero-order valence-electron chi connectivity index (χ0n) is 11.1. The Labute approximate surface area is 110 Å². The van der Waals surface area contributed by atoms with Crippen molar-refractivity contribution in [3.63, 3.8) is 0 Å². The number of amides is 1. The van der Waals surface area contributed by atoms with E-state index >= 15 is 0 Å². The smallest absolute Gasteiger partial charge is 0.277 e. The molecule has 0 unspecified atom stereocenters. The largest absolute Gasteiger partial charge is 0.396 e. The predicted molar refractivity (Wildman–Crippen MR) is 71.7 cm³/mol. The highest BCUT2D eigenvalue weighted by Crippen LogP contribution is 2.15. The fraction of sp³-hybridized carbons (Fsp3) is 0.333. The molecule has 3 N–H and O–H groups in total. The predicted octanol–water partition coefficient (Wildman–Crippen LogP) is 1.17. The Morgan fingerprint density at radius 3 is 2.79 bits per heavy atom. The fourth-order valence-corrected chi connectivity index (χ4v) is 1.54. The average Bonchev–Trinajstić information content (AvgIpc) is 2.75. The lowest BCUT2D eigenvalue weighted by Crippen LogP contribution is -2.19. The van der Waals surface area contributed by atoms with Crippen molar-refractivity contribution in [1.29, 1.82) is 0 Å². The molecule has 0 aliphatic carbocycles. The summed E-state index contributed by atoms with van der Waals surface area (Å²) in [7, 11) is 1.73. The first kappa shape index (κ1) is 13.0. The first-order valence-electron chi connectivity index (χ1n) is 5.90. The molecule has 0 atom stereocenters. The van der Waals surface area contributed by atoms with Gasteiger partial charge in [0.05, 0.1) is 18.1 Å². The van der Waals surface area contributed by atoms with Gasteiger partial charge in [-0.05, 0) is 0 Å².